The molecule has 0 saturated carbocycles. The Morgan fingerprint density at radius 2 is 2.00 bits per heavy atom. The summed E-state index contributed by atoms with van der Waals surface area (Å²) < 4.78 is 5.67. The lowest BCUT2D eigenvalue weighted by molar-refractivity contribution is -0.384. The van der Waals surface area contributed by atoms with E-state index in [0.29, 0.717) is 18.8 Å². The maximum atomic E-state index is 12.1. The number of ether oxygens (including phenoxy) is 1. The number of thioether (sulfide) groups is 2. The first-order chi connectivity index (χ1) is 13.9. The maximum absolute atomic E-state index is 12.1. The van der Waals surface area contributed by atoms with Crippen molar-refractivity contribution >= 4 is 41.3 Å². The number of nitrogens with zero attached hydrogens (tertiary/aromatic N) is 2. The van der Waals surface area contributed by atoms with Crippen LogP contribution in [0.2, 0.25) is 0 Å². The normalized spacial score (nSPS) is 15.3. The van der Waals surface area contributed by atoms with E-state index in [0.717, 1.165) is 22.6 Å². The number of hydrogen-bond donors (Lipinski definition) is 1. The highest BCUT2D eigenvalue weighted by Crippen LogP contribution is 2.45. The summed E-state index contributed by atoms with van der Waals surface area (Å²) in [6.45, 7) is 2.38. The van der Waals surface area contributed by atoms with E-state index < -0.39 is 4.92 Å². The number of carbonyl (C=O) groups excluding carboxylic acids is 1. The Balaban J connectivity index is 1.50. The molecule has 0 aliphatic carbocycles. The summed E-state index contributed by atoms with van der Waals surface area (Å²) in [6.07, 6.45) is 2.01. The number of rotatable bonds is 8. The van der Waals surface area contributed by atoms with Crippen LogP contribution >= 0.6 is 23.5 Å². The Bertz CT molecular complexity index is 897. The van der Waals surface area contributed by atoms with Crippen molar-refractivity contribution in [3.63, 3.8) is 0 Å². The fraction of sp³-hybridized carbons (Fsp3) is 0.300. The van der Waals surface area contributed by atoms with E-state index >= 15 is 0 Å². The highest BCUT2D eigenvalue weighted by Gasteiger charge is 2.32. The van der Waals surface area contributed by atoms with Crippen LogP contribution in [0.25, 0.3) is 0 Å². The lowest BCUT2D eigenvalue weighted by Crippen LogP contribution is -2.26. The van der Waals surface area contributed by atoms with Gasteiger partial charge in [-0.25, -0.2) is 5.43 Å². The van der Waals surface area contributed by atoms with Gasteiger partial charge in [-0.05, 0) is 42.3 Å². The van der Waals surface area contributed by atoms with Crippen LogP contribution < -0.4 is 10.2 Å². The number of amides is 1. The summed E-state index contributed by atoms with van der Waals surface area (Å²) in [5.74, 6) is 2.69. The summed E-state index contributed by atoms with van der Waals surface area (Å²) >= 11 is 3.62. The first-order valence-corrected chi connectivity index (χ1v) is 11.0. The number of hydrogen-bond acceptors (Lipinski definition) is 7. The molecule has 1 saturated heterocycles. The zero-order valence-electron chi connectivity index (χ0n) is 15.9. The summed E-state index contributed by atoms with van der Waals surface area (Å²) in [6, 6.07) is 13.6. The number of non-ortho nitro benzene ring substituents is 1. The summed E-state index contributed by atoms with van der Waals surface area (Å²) in [5.41, 5.74) is 4.26. The van der Waals surface area contributed by atoms with Crippen molar-refractivity contribution in [3.05, 3.63) is 69.8 Å². The average Bonchev–Trinajstić information content (AvgIpc) is 3.13. The monoisotopic (exact) mass is 431 g/mol. The van der Waals surface area contributed by atoms with E-state index in [2.05, 4.69) is 17.5 Å². The van der Waals surface area contributed by atoms with Gasteiger partial charge in [0.1, 0.15) is 12.4 Å². The second kappa shape index (κ2) is 9.80. The number of carbonyl (C=O) groups is 1. The first-order valence-electron chi connectivity index (χ1n) is 9.00. The molecule has 0 unspecified atom stereocenters. The number of nitrogens with one attached hydrogen (secondary N) is 1. The molecule has 0 radical (unpaired) electrons. The van der Waals surface area contributed by atoms with Gasteiger partial charge < -0.3 is 4.74 Å². The second-order valence-electron chi connectivity index (χ2n) is 6.59. The van der Waals surface area contributed by atoms with Gasteiger partial charge in [-0.2, -0.15) is 5.10 Å². The van der Waals surface area contributed by atoms with Crippen molar-refractivity contribution in [2.45, 2.75) is 24.0 Å². The van der Waals surface area contributed by atoms with Crippen LogP contribution in [0.15, 0.2) is 53.6 Å². The number of nitro benzene ring substituents is 1. The standard InChI is InChI=1S/C20H21N3O4S2/c1-20(28-9-10-29-20)12-19(24)22-21-13-16-3-2-4-18(11-16)27-14-15-5-7-17(8-6-15)23(25)26/h2-8,11,13H,9-10,12,14H2,1H3,(H,22,24)/b21-13-. The Hall–Kier alpha value is -2.52. The van der Waals surface area contributed by atoms with Crippen molar-refractivity contribution in [1.29, 1.82) is 0 Å². The zero-order chi connectivity index (χ0) is 20.7. The molecule has 1 amide bonds. The quantitative estimate of drug-likeness (QED) is 0.382. The highest BCUT2D eigenvalue weighted by molar-refractivity contribution is 8.21. The van der Waals surface area contributed by atoms with Crippen molar-refractivity contribution in [3.8, 4) is 5.75 Å². The summed E-state index contributed by atoms with van der Waals surface area (Å²) in [4.78, 5) is 22.3. The summed E-state index contributed by atoms with van der Waals surface area (Å²) in [7, 11) is 0. The molecule has 1 N–H and O–H groups in total. The van der Waals surface area contributed by atoms with Crippen LogP contribution in [0.1, 0.15) is 24.5 Å². The fourth-order valence-corrected chi connectivity index (χ4v) is 5.56. The van der Waals surface area contributed by atoms with E-state index in [1.165, 1.54) is 12.1 Å². The Labute approximate surface area is 177 Å². The zero-order valence-corrected chi connectivity index (χ0v) is 17.5. The predicted molar refractivity (Wildman–Crippen MR) is 118 cm³/mol. The van der Waals surface area contributed by atoms with E-state index in [-0.39, 0.29) is 15.7 Å². The molecule has 7 nitrogen and oxygen atoms in total. The minimum absolute atomic E-state index is 0.0492. The molecule has 9 heteroatoms. The van der Waals surface area contributed by atoms with Crippen LogP contribution in [0.4, 0.5) is 5.69 Å². The van der Waals surface area contributed by atoms with Crippen LogP contribution in [0.3, 0.4) is 0 Å². The molecule has 1 fully saturated rings. The van der Waals surface area contributed by atoms with Gasteiger partial charge in [-0.1, -0.05) is 12.1 Å². The topological polar surface area (TPSA) is 93.8 Å². The Morgan fingerprint density at radius 1 is 1.28 bits per heavy atom. The molecule has 0 bridgehead atoms. The lowest BCUT2D eigenvalue weighted by Gasteiger charge is -2.19. The maximum Gasteiger partial charge on any atom is 0.269 e. The smallest absolute Gasteiger partial charge is 0.269 e. The van der Waals surface area contributed by atoms with Crippen molar-refractivity contribution < 1.29 is 14.5 Å². The highest BCUT2D eigenvalue weighted by atomic mass is 32.2. The van der Waals surface area contributed by atoms with Crippen molar-refractivity contribution in [1.82, 2.24) is 5.43 Å². The molecule has 29 heavy (non-hydrogen) atoms. The molecule has 1 heterocycles. The first kappa shape index (κ1) is 21.2. The van der Waals surface area contributed by atoms with Crippen LogP contribution in [0, 0.1) is 10.1 Å². The molecule has 0 atom stereocenters. The number of nitro groups is 1. The van der Waals surface area contributed by atoms with Crippen molar-refractivity contribution in [2.24, 2.45) is 5.10 Å². The summed E-state index contributed by atoms with van der Waals surface area (Å²) in [5, 5.41) is 14.7. The molecular formula is C20H21N3O4S2. The Kier molecular flexibility index (Phi) is 7.16. The second-order valence-corrected chi connectivity index (χ2v) is 10.0. The molecule has 2 aromatic rings. The van der Waals surface area contributed by atoms with E-state index in [1.54, 1.807) is 18.3 Å². The minimum Gasteiger partial charge on any atom is -0.489 e. The molecule has 1 aliphatic heterocycles. The molecule has 1 aliphatic rings. The van der Waals surface area contributed by atoms with Gasteiger partial charge >= 0.3 is 0 Å². The third-order valence-electron chi connectivity index (χ3n) is 4.19. The largest absolute Gasteiger partial charge is 0.489 e. The Morgan fingerprint density at radius 3 is 2.69 bits per heavy atom. The van der Waals surface area contributed by atoms with Gasteiger partial charge in [0, 0.05) is 23.6 Å². The SMILES string of the molecule is CC1(CC(=O)N/N=C\c2cccc(OCc3ccc([N+](=O)[O-])cc3)c2)SCCS1. The number of hydrazone groups is 1. The fourth-order valence-electron chi connectivity index (χ4n) is 2.73. The van der Waals surface area contributed by atoms with Gasteiger partial charge in [-0.3, -0.25) is 14.9 Å². The third-order valence-corrected chi connectivity index (χ3v) is 7.49. The van der Waals surface area contributed by atoms with Gasteiger partial charge in [0.15, 0.2) is 0 Å². The molecule has 152 valence electrons. The molecule has 0 aromatic heterocycles. The molecule has 0 spiro atoms. The van der Waals surface area contributed by atoms with E-state index in [9.17, 15) is 14.9 Å². The van der Waals surface area contributed by atoms with E-state index in [1.807, 2.05) is 47.8 Å². The van der Waals surface area contributed by atoms with Gasteiger partial charge in [0.2, 0.25) is 5.91 Å². The van der Waals surface area contributed by atoms with Gasteiger partial charge in [0.05, 0.1) is 21.6 Å². The minimum atomic E-state index is -0.433. The predicted octanol–water partition coefficient (Wildman–Crippen LogP) is 4.21. The van der Waals surface area contributed by atoms with Crippen LogP contribution in [-0.4, -0.2) is 32.6 Å². The molecule has 3 rings (SSSR count). The van der Waals surface area contributed by atoms with Crippen molar-refractivity contribution in [2.75, 3.05) is 11.5 Å². The number of benzene rings is 2. The van der Waals surface area contributed by atoms with Crippen LogP contribution in [0.5, 0.6) is 5.75 Å². The average molecular weight is 432 g/mol. The molecular weight excluding hydrogens is 410 g/mol. The molecule has 2 aromatic carbocycles. The van der Waals surface area contributed by atoms with Gasteiger partial charge in [-0.15, -0.1) is 23.5 Å². The van der Waals surface area contributed by atoms with Crippen LogP contribution in [-0.2, 0) is 11.4 Å². The third kappa shape index (κ3) is 6.50. The lowest BCUT2D eigenvalue weighted by atomic mass is 10.2. The van der Waals surface area contributed by atoms with Gasteiger partial charge in [0.25, 0.3) is 5.69 Å². The van der Waals surface area contributed by atoms with E-state index in [4.69, 9.17) is 4.74 Å².